The maximum atomic E-state index is 13.2. The van der Waals surface area contributed by atoms with Crippen LogP contribution in [-0.4, -0.2) is 43.0 Å². The van der Waals surface area contributed by atoms with Gasteiger partial charge in [-0.1, -0.05) is 60.7 Å². The Morgan fingerprint density at radius 1 is 0.935 bits per heavy atom. The molecule has 1 aliphatic rings. The van der Waals surface area contributed by atoms with E-state index in [2.05, 4.69) is 29.2 Å². The van der Waals surface area contributed by atoms with Crippen LogP contribution in [0.15, 0.2) is 84.9 Å². The molecule has 3 unspecified atom stereocenters. The molecule has 1 fully saturated rings. The van der Waals surface area contributed by atoms with E-state index in [1.54, 1.807) is 7.11 Å². The third kappa shape index (κ3) is 4.97. The molecule has 0 aliphatic carbocycles. The molecule has 3 atom stereocenters. The van der Waals surface area contributed by atoms with Crippen molar-refractivity contribution >= 4 is 5.78 Å². The lowest BCUT2D eigenvalue weighted by Crippen LogP contribution is -2.50. The van der Waals surface area contributed by atoms with Crippen molar-refractivity contribution in [3.05, 3.63) is 96.1 Å². The summed E-state index contributed by atoms with van der Waals surface area (Å²) in [7, 11) is 1.62. The molecule has 160 valence electrons. The van der Waals surface area contributed by atoms with E-state index in [0.717, 1.165) is 25.3 Å². The molecular weight excluding hydrogens is 386 g/mol. The zero-order valence-electron chi connectivity index (χ0n) is 18.1. The number of hydrogen-bond donors (Lipinski definition) is 0. The molecular formula is C27H29NO3. The Morgan fingerprint density at radius 3 is 2.32 bits per heavy atom. The van der Waals surface area contributed by atoms with E-state index >= 15 is 0 Å². The topological polar surface area (TPSA) is 38.8 Å². The number of ketones is 1. The predicted octanol–water partition coefficient (Wildman–Crippen LogP) is 5.20. The number of methoxy groups -OCH3 is 1. The van der Waals surface area contributed by atoms with E-state index in [9.17, 15) is 4.79 Å². The maximum Gasteiger partial charge on any atom is 0.179 e. The molecule has 4 rings (SSSR count). The van der Waals surface area contributed by atoms with E-state index in [-0.39, 0.29) is 23.8 Å². The van der Waals surface area contributed by atoms with Gasteiger partial charge in [0.25, 0.3) is 0 Å². The number of carbonyl (C=O) groups excluding carboxylic acids is 1. The second-order valence-corrected chi connectivity index (χ2v) is 8.04. The summed E-state index contributed by atoms with van der Waals surface area (Å²) in [5.74, 6) is 1.90. The summed E-state index contributed by atoms with van der Waals surface area (Å²) in [4.78, 5) is 15.5. The van der Waals surface area contributed by atoms with Crippen LogP contribution in [-0.2, 0) is 0 Å². The largest absolute Gasteiger partial charge is 0.497 e. The van der Waals surface area contributed by atoms with Gasteiger partial charge in [-0.15, -0.1) is 0 Å². The Kier molecular flexibility index (Phi) is 6.68. The molecule has 0 saturated carbocycles. The van der Waals surface area contributed by atoms with Crippen LogP contribution in [0.2, 0.25) is 0 Å². The highest BCUT2D eigenvalue weighted by Crippen LogP contribution is 2.32. The number of carbonyl (C=O) groups is 1. The van der Waals surface area contributed by atoms with E-state index < -0.39 is 0 Å². The van der Waals surface area contributed by atoms with Gasteiger partial charge in [0.1, 0.15) is 17.6 Å². The maximum absolute atomic E-state index is 13.2. The molecule has 4 heteroatoms. The SMILES string of the molecule is COc1cccc(C(=O)C(C)N2CCC(Oc3ccccc3)C(c3ccccc3)C2)c1. The van der Waals surface area contributed by atoms with E-state index in [1.165, 1.54) is 5.56 Å². The average molecular weight is 416 g/mol. The summed E-state index contributed by atoms with van der Waals surface area (Å²) < 4.78 is 11.7. The van der Waals surface area contributed by atoms with E-state index in [1.807, 2.05) is 67.6 Å². The van der Waals surface area contributed by atoms with Crippen LogP contribution >= 0.6 is 0 Å². The first kappa shape index (κ1) is 21.1. The molecule has 1 heterocycles. The van der Waals surface area contributed by atoms with Gasteiger partial charge in [-0.25, -0.2) is 0 Å². The normalized spacial score (nSPS) is 20.1. The van der Waals surface area contributed by atoms with Crippen molar-refractivity contribution < 1.29 is 14.3 Å². The zero-order chi connectivity index (χ0) is 21.6. The fraction of sp³-hybridized carbons (Fsp3) is 0.296. The summed E-state index contributed by atoms with van der Waals surface area (Å²) in [5, 5.41) is 0. The fourth-order valence-electron chi connectivity index (χ4n) is 4.33. The number of likely N-dealkylation sites (tertiary alicyclic amines) is 1. The summed E-state index contributed by atoms with van der Waals surface area (Å²) in [6.45, 7) is 3.60. The molecule has 0 spiro atoms. The lowest BCUT2D eigenvalue weighted by atomic mass is 9.86. The van der Waals surface area contributed by atoms with E-state index in [0.29, 0.717) is 11.3 Å². The van der Waals surface area contributed by atoms with Crippen molar-refractivity contribution in [2.24, 2.45) is 0 Å². The number of hydrogen-bond acceptors (Lipinski definition) is 4. The first-order valence-corrected chi connectivity index (χ1v) is 10.8. The number of piperidine rings is 1. The molecule has 0 radical (unpaired) electrons. The quantitative estimate of drug-likeness (QED) is 0.497. The number of ether oxygens (including phenoxy) is 2. The minimum atomic E-state index is -0.212. The first-order chi connectivity index (χ1) is 15.2. The lowest BCUT2D eigenvalue weighted by molar-refractivity contribution is 0.0509. The van der Waals surface area contributed by atoms with Crippen molar-refractivity contribution in [2.75, 3.05) is 20.2 Å². The van der Waals surface area contributed by atoms with Crippen LogP contribution in [0.5, 0.6) is 11.5 Å². The molecule has 4 nitrogen and oxygen atoms in total. The van der Waals surface area contributed by atoms with Gasteiger partial charge in [0.2, 0.25) is 0 Å². The molecule has 0 aromatic heterocycles. The van der Waals surface area contributed by atoms with Gasteiger partial charge in [-0.05, 0) is 43.2 Å². The van der Waals surface area contributed by atoms with Crippen molar-refractivity contribution in [2.45, 2.75) is 31.4 Å². The number of para-hydroxylation sites is 1. The summed E-state index contributed by atoms with van der Waals surface area (Å²) in [6.07, 6.45) is 0.935. The van der Waals surface area contributed by atoms with Crippen molar-refractivity contribution in [3.63, 3.8) is 0 Å². The fourth-order valence-corrected chi connectivity index (χ4v) is 4.33. The molecule has 31 heavy (non-hydrogen) atoms. The van der Waals surface area contributed by atoms with Crippen LogP contribution in [0.4, 0.5) is 0 Å². The third-order valence-corrected chi connectivity index (χ3v) is 6.12. The predicted molar refractivity (Wildman–Crippen MR) is 123 cm³/mol. The number of Topliss-reactive ketones (excluding diaryl/α,β-unsaturated/α-hetero) is 1. The minimum Gasteiger partial charge on any atom is -0.497 e. The second kappa shape index (κ2) is 9.80. The van der Waals surface area contributed by atoms with Crippen molar-refractivity contribution in [3.8, 4) is 11.5 Å². The van der Waals surface area contributed by atoms with Gasteiger partial charge in [-0.3, -0.25) is 9.69 Å². The van der Waals surface area contributed by atoms with Gasteiger partial charge < -0.3 is 9.47 Å². The molecule has 1 saturated heterocycles. The summed E-state index contributed by atoms with van der Waals surface area (Å²) in [5.41, 5.74) is 1.93. The second-order valence-electron chi connectivity index (χ2n) is 8.04. The highest BCUT2D eigenvalue weighted by molar-refractivity contribution is 6.00. The van der Waals surface area contributed by atoms with Crippen LogP contribution < -0.4 is 9.47 Å². The van der Waals surface area contributed by atoms with Crippen LogP contribution in [0.1, 0.15) is 35.2 Å². The van der Waals surface area contributed by atoms with Crippen LogP contribution in [0.25, 0.3) is 0 Å². The molecule has 0 amide bonds. The van der Waals surface area contributed by atoms with Crippen molar-refractivity contribution in [1.29, 1.82) is 0 Å². The van der Waals surface area contributed by atoms with Crippen LogP contribution in [0.3, 0.4) is 0 Å². The first-order valence-electron chi connectivity index (χ1n) is 10.8. The van der Waals surface area contributed by atoms with E-state index in [4.69, 9.17) is 9.47 Å². The van der Waals surface area contributed by atoms with Gasteiger partial charge in [0.15, 0.2) is 5.78 Å². The highest BCUT2D eigenvalue weighted by Gasteiger charge is 2.35. The molecule has 3 aromatic rings. The molecule has 3 aromatic carbocycles. The molecule has 0 bridgehead atoms. The monoisotopic (exact) mass is 415 g/mol. The van der Waals surface area contributed by atoms with Gasteiger partial charge in [-0.2, -0.15) is 0 Å². The Hall–Kier alpha value is -3.11. The average Bonchev–Trinajstić information content (AvgIpc) is 2.84. The van der Waals surface area contributed by atoms with Crippen LogP contribution in [0, 0.1) is 0 Å². The number of rotatable bonds is 7. The number of nitrogens with zero attached hydrogens (tertiary/aromatic N) is 1. The number of benzene rings is 3. The Bertz CT molecular complexity index is 990. The third-order valence-electron chi connectivity index (χ3n) is 6.12. The molecule has 1 aliphatic heterocycles. The smallest absolute Gasteiger partial charge is 0.179 e. The zero-order valence-corrected chi connectivity index (χ0v) is 18.1. The van der Waals surface area contributed by atoms with Gasteiger partial charge in [0.05, 0.1) is 13.2 Å². The van der Waals surface area contributed by atoms with Crippen molar-refractivity contribution in [1.82, 2.24) is 4.90 Å². The Labute approximate surface area is 184 Å². The molecule has 0 N–H and O–H groups in total. The summed E-state index contributed by atoms with van der Waals surface area (Å²) >= 11 is 0. The Balaban J connectivity index is 1.53. The summed E-state index contributed by atoms with van der Waals surface area (Å²) in [6, 6.07) is 27.7. The van der Waals surface area contributed by atoms with Gasteiger partial charge >= 0.3 is 0 Å². The lowest BCUT2D eigenvalue weighted by Gasteiger charge is -2.41. The standard InChI is InChI=1S/C27H29NO3/c1-20(27(29)22-12-9-15-24(18-22)30-2)28-17-16-26(31-23-13-7-4-8-14-23)25(19-28)21-10-5-3-6-11-21/h3-15,18,20,25-26H,16-17,19H2,1-2H3. The minimum absolute atomic E-state index is 0.0696. The highest BCUT2D eigenvalue weighted by atomic mass is 16.5. The Morgan fingerprint density at radius 2 is 1.61 bits per heavy atom. The van der Waals surface area contributed by atoms with Gasteiger partial charge in [0, 0.05) is 24.6 Å².